The van der Waals surface area contributed by atoms with Crippen LogP contribution < -0.4 is 4.74 Å². The SMILES string of the molecule is CCC(C)(C)N(C)Cc1ccc(C(=O)O)c(OC)c1. The molecule has 0 spiro atoms. The summed E-state index contributed by atoms with van der Waals surface area (Å²) in [6.07, 6.45) is 1.05. The Morgan fingerprint density at radius 2 is 2.05 bits per heavy atom. The van der Waals surface area contributed by atoms with Gasteiger partial charge in [0.05, 0.1) is 7.11 Å². The van der Waals surface area contributed by atoms with Crippen LogP contribution in [0.3, 0.4) is 0 Å². The predicted octanol–water partition coefficient (Wildman–Crippen LogP) is 3.01. The second kappa shape index (κ2) is 6.06. The number of rotatable bonds is 6. The highest BCUT2D eigenvalue weighted by Crippen LogP contribution is 2.24. The molecule has 0 aliphatic rings. The van der Waals surface area contributed by atoms with Crippen molar-refractivity contribution in [3.8, 4) is 5.75 Å². The van der Waals surface area contributed by atoms with Gasteiger partial charge in [0.2, 0.25) is 0 Å². The molecule has 1 rings (SSSR count). The van der Waals surface area contributed by atoms with E-state index in [1.54, 1.807) is 12.1 Å². The zero-order valence-corrected chi connectivity index (χ0v) is 12.4. The van der Waals surface area contributed by atoms with Gasteiger partial charge in [0.25, 0.3) is 0 Å². The molecule has 0 heterocycles. The summed E-state index contributed by atoms with van der Waals surface area (Å²) in [7, 11) is 3.56. The molecule has 4 nitrogen and oxygen atoms in total. The minimum absolute atomic E-state index is 0.110. The number of aromatic carboxylic acids is 1. The van der Waals surface area contributed by atoms with E-state index in [4.69, 9.17) is 9.84 Å². The third kappa shape index (κ3) is 3.70. The van der Waals surface area contributed by atoms with E-state index in [-0.39, 0.29) is 11.1 Å². The Labute approximate surface area is 115 Å². The summed E-state index contributed by atoms with van der Waals surface area (Å²) in [5, 5.41) is 9.05. The summed E-state index contributed by atoms with van der Waals surface area (Å²) >= 11 is 0. The lowest BCUT2D eigenvalue weighted by Crippen LogP contribution is -2.39. The van der Waals surface area contributed by atoms with Gasteiger partial charge in [-0.1, -0.05) is 13.0 Å². The Morgan fingerprint density at radius 3 is 2.53 bits per heavy atom. The number of ether oxygens (including phenoxy) is 1. The molecule has 0 fully saturated rings. The van der Waals surface area contributed by atoms with Crippen LogP contribution in [0, 0.1) is 0 Å². The van der Waals surface area contributed by atoms with Crippen LogP contribution in [0.2, 0.25) is 0 Å². The van der Waals surface area contributed by atoms with Crippen molar-refractivity contribution < 1.29 is 14.6 Å². The number of carboxylic acid groups (broad SMARTS) is 1. The number of benzene rings is 1. The number of methoxy groups -OCH3 is 1. The van der Waals surface area contributed by atoms with Gasteiger partial charge in [-0.3, -0.25) is 4.90 Å². The van der Waals surface area contributed by atoms with Gasteiger partial charge >= 0.3 is 5.97 Å². The normalized spacial score (nSPS) is 11.7. The minimum atomic E-state index is -0.967. The standard InChI is InChI=1S/C15H23NO3/c1-6-15(2,3)16(4)10-11-7-8-12(14(17)18)13(9-11)19-5/h7-9H,6,10H2,1-5H3,(H,17,18). The smallest absolute Gasteiger partial charge is 0.339 e. The van der Waals surface area contributed by atoms with Crippen LogP contribution >= 0.6 is 0 Å². The fourth-order valence-corrected chi connectivity index (χ4v) is 1.77. The molecule has 0 saturated heterocycles. The zero-order chi connectivity index (χ0) is 14.6. The number of carboxylic acids is 1. The van der Waals surface area contributed by atoms with E-state index in [1.165, 1.54) is 7.11 Å². The molecular formula is C15H23NO3. The summed E-state index contributed by atoms with van der Waals surface area (Å²) < 4.78 is 5.14. The first kappa shape index (κ1) is 15.5. The summed E-state index contributed by atoms with van der Waals surface area (Å²) in [6.45, 7) is 7.30. The van der Waals surface area contributed by atoms with Gasteiger partial charge in [0.1, 0.15) is 11.3 Å². The van der Waals surface area contributed by atoms with Gasteiger partial charge in [-0.25, -0.2) is 4.79 Å². The van der Waals surface area contributed by atoms with Crippen molar-refractivity contribution in [1.29, 1.82) is 0 Å². The summed E-state index contributed by atoms with van der Waals surface area (Å²) in [4.78, 5) is 13.3. The second-order valence-corrected chi connectivity index (χ2v) is 5.36. The van der Waals surface area contributed by atoms with Gasteiger partial charge in [0.15, 0.2) is 0 Å². The molecule has 0 bridgehead atoms. The highest BCUT2D eigenvalue weighted by atomic mass is 16.5. The third-order valence-electron chi connectivity index (χ3n) is 3.81. The predicted molar refractivity (Wildman–Crippen MR) is 75.8 cm³/mol. The van der Waals surface area contributed by atoms with Gasteiger partial charge < -0.3 is 9.84 Å². The number of nitrogens with zero attached hydrogens (tertiary/aromatic N) is 1. The zero-order valence-electron chi connectivity index (χ0n) is 12.4. The van der Waals surface area contributed by atoms with Gasteiger partial charge in [-0.05, 0) is 45.0 Å². The van der Waals surface area contributed by atoms with E-state index in [1.807, 2.05) is 6.07 Å². The van der Waals surface area contributed by atoms with Gasteiger partial charge in [0, 0.05) is 12.1 Å². The maximum absolute atomic E-state index is 11.0. The van der Waals surface area contributed by atoms with E-state index in [0.717, 1.165) is 18.5 Å². The lowest BCUT2D eigenvalue weighted by molar-refractivity contribution is 0.0693. The van der Waals surface area contributed by atoms with Crippen LogP contribution in [0.25, 0.3) is 0 Å². The molecule has 0 aromatic heterocycles. The third-order valence-corrected chi connectivity index (χ3v) is 3.81. The first-order valence-corrected chi connectivity index (χ1v) is 6.43. The lowest BCUT2D eigenvalue weighted by atomic mass is 9.99. The molecule has 0 aliphatic carbocycles. The molecule has 106 valence electrons. The summed E-state index contributed by atoms with van der Waals surface area (Å²) in [5.41, 5.74) is 1.35. The van der Waals surface area contributed by atoms with E-state index >= 15 is 0 Å². The number of hydrogen-bond donors (Lipinski definition) is 1. The first-order valence-electron chi connectivity index (χ1n) is 6.43. The fourth-order valence-electron chi connectivity index (χ4n) is 1.77. The van der Waals surface area contributed by atoms with Crippen molar-refractivity contribution in [2.24, 2.45) is 0 Å². The Balaban J connectivity index is 2.95. The van der Waals surface area contributed by atoms with E-state index in [2.05, 4.69) is 32.7 Å². The van der Waals surface area contributed by atoms with Crippen LogP contribution in [0.1, 0.15) is 43.1 Å². The van der Waals surface area contributed by atoms with E-state index in [9.17, 15) is 4.79 Å². The molecule has 1 aromatic carbocycles. The molecule has 19 heavy (non-hydrogen) atoms. The van der Waals surface area contributed by atoms with Crippen LogP contribution in [-0.2, 0) is 6.54 Å². The average molecular weight is 265 g/mol. The summed E-state index contributed by atoms with van der Waals surface area (Å²) in [5.74, 6) is -0.557. The van der Waals surface area contributed by atoms with Crippen molar-refractivity contribution in [1.82, 2.24) is 4.90 Å². The fraction of sp³-hybridized carbons (Fsp3) is 0.533. The Kier molecular flexibility index (Phi) is 4.95. The molecule has 0 unspecified atom stereocenters. The quantitative estimate of drug-likeness (QED) is 0.859. The Bertz CT molecular complexity index is 455. The van der Waals surface area contributed by atoms with Crippen LogP contribution in [-0.4, -0.2) is 35.7 Å². The molecule has 0 saturated carbocycles. The molecule has 1 aromatic rings. The van der Waals surface area contributed by atoms with Crippen molar-refractivity contribution in [2.45, 2.75) is 39.3 Å². The van der Waals surface area contributed by atoms with Gasteiger partial charge in [-0.2, -0.15) is 0 Å². The summed E-state index contributed by atoms with van der Waals surface area (Å²) in [6, 6.07) is 5.24. The molecule has 0 aliphatic heterocycles. The number of carbonyl (C=O) groups is 1. The minimum Gasteiger partial charge on any atom is -0.496 e. The molecular weight excluding hydrogens is 242 g/mol. The molecule has 0 radical (unpaired) electrons. The van der Waals surface area contributed by atoms with Crippen LogP contribution in [0.15, 0.2) is 18.2 Å². The van der Waals surface area contributed by atoms with Gasteiger partial charge in [-0.15, -0.1) is 0 Å². The van der Waals surface area contributed by atoms with E-state index < -0.39 is 5.97 Å². The maximum Gasteiger partial charge on any atom is 0.339 e. The highest BCUT2D eigenvalue weighted by Gasteiger charge is 2.21. The number of hydrogen-bond acceptors (Lipinski definition) is 3. The van der Waals surface area contributed by atoms with Crippen molar-refractivity contribution in [3.63, 3.8) is 0 Å². The topological polar surface area (TPSA) is 49.8 Å². The Morgan fingerprint density at radius 1 is 1.42 bits per heavy atom. The molecule has 4 heteroatoms. The molecule has 0 amide bonds. The Hall–Kier alpha value is -1.55. The lowest BCUT2D eigenvalue weighted by Gasteiger charge is -2.35. The van der Waals surface area contributed by atoms with Crippen LogP contribution in [0.5, 0.6) is 5.75 Å². The van der Waals surface area contributed by atoms with Crippen molar-refractivity contribution in [3.05, 3.63) is 29.3 Å². The van der Waals surface area contributed by atoms with E-state index in [0.29, 0.717) is 5.75 Å². The largest absolute Gasteiger partial charge is 0.496 e. The van der Waals surface area contributed by atoms with Crippen LogP contribution in [0.4, 0.5) is 0 Å². The average Bonchev–Trinajstić information content (AvgIpc) is 2.38. The van der Waals surface area contributed by atoms with Crippen molar-refractivity contribution >= 4 is 5.97 Å². The first-order chi connectivity index (χ1) is 8.81. The molecule has 1 N–H and O–H groups in total. The molecule has 0 atom stereocenters. The second-order valence-electron chi connectivity index (χ2n) is 5.36. The maximum atomic E-state index is 11.0. The highest BCUT2D eigenvalue weighted by molar-refractivity contribution is 5.90. The monoisotopic (exact) mass is 265 g/mol. The van der Waals surface area contributed by atoms with Crippen molar-refractivity contribution in [2.75, 3.05) is 14.2 Å².